The van der Waals surface area contributed by atoms with E-state index in [1.807, 2.05) is 12.1 Å². The van der Waals surface area contributed by atoms with Crippen molar-refractivity contribution in [3.05, 3.63) is 48.4 Å². The highest BCUT2D eigenvalue weighted by Gasteiger charge is 2.23. The van der Waals surface area contributed by atoms with Gasteiger partial charge in [-0.25, -0.2) is 9.78 Å². The van der Waals surface area contributed by atoms with E-state index in [9.17, 15) is 4.79 Å². The van der Waals surface area contributed by atoms with E-state index in [1.54, 1.807) is 35.6 Å². The van der Waals surface area contributed by atoms with Crippen LogP contribution in [0.2, 0.25) is 0 Å². The van der Waals surface area contributed by atoms with Gasteiger partial charge < -0.3 is 19.7 Å². The van der Waals surface area contributed by atoms with Crippen LogP contribution in [0.4, 0.5) is 10.5 Å². The van der Waals surface area contributed by atoms with Crippen LogP contribution in [0, 0.1) is 0 Å². The molecule has 7 heteroatoms. The summed E-state index contributed by atoms with van der Waals surface area (Å²) in [5, 5.41) is 2.88. The van der Waals surface area contributed by atoms with Gasteiger partial charge in [-0.2, -0.15) is 0 Å². The van der Waals surface area contributed by atoms with E-state index in [4.69, 9.17) is 9.47 Å². The minimum Gasteiger partial charge on any atom is -0.480 e. The molecule has 7 nitrogen and oxygen atoms in total. The molecule has 3 rings (SSSR count). The molecule has 1 saturated heterocycles. The van der Waals surface area contributed by atoms with Crippen molar-refractivity contribution in [2.24, 2.45) is 0 Å². The number of hydrogen-bond donors (Lipinski definition) is 1. The van der Waals surface area contributed by atoms with Gasteiger partial charge in [-0.1, -0.05) is 0 Å². The molecule has 0 radical (unpaired) electrons. The van der Waals surface area contributed by atoms with Gasteiger partial charge in [-0.3, -0.25) is 4.98 Å². The Labute approximate surface area is 147 Å². The van der Waals surface area contributed by atoms with Crippen LogP contribution in [0.3, 0.4) is 0 Å². The molecule has 3 heterocycles. The van der Waals surface area contributed by atoms with Crippen molar-refractivity contribution in [2.75, 3.05) is 25.6 Å². The average molecular weight is 342 g/mol. The lowest BCUT2D eigenvalue weighted by Gasteiger charge is -2.26. The highest BCUT2D eigenvalue weighted by Crippen LogP contribution is 2.21. The lowest BCUT2D eigenvalue weighted by Crippen LogP contribution is -2.39. The summed E-state index contributed by atoms with van der Waals surface area (Å²) < 4.78 is 10.9. The number of amides is 2. The van der Waals surface area contributed by atoms with Gasteiger partial charge in [0.05, 0.1) is 13.2 Å². The second kappa shape index (κ2) is 8.43. The van der Waals surface area contributed by atoms with Crippen LogP contribution in [0.5, 0.6) is 5.88 Å². The molecule has 1 aliphatic rings. The number of anilines is 1. The molecule has 2 amide bonds. The Bertz CT molecular complexity index is 690. The Morgan fingerprint density at radius 3 is 2.92 bits per heavy atom. The third kappa shape index (κ3) is 4.67. The van der Waals surface area contributed by atoms with Gasteiger partial charge in [-0.15, -0.1) is 0 Å². The summed E-state index contributed by atoms with van der Waals surface area (Å²) in [7, 11) is 1.53. The molecule has 1 aliphatic heterocycles. The molecule has 132 valence electrons. The SMILES string of the molecule is COc1ncccc1NC(=O)N(Cc1ccncc1)C[C@H]1CCCO1. The number of nitrogens with zero attached hydrogens (tertiary/aromatic N) is 3. The van der Waals surface area contributed by atoms with Crippen molar-refractivity contribution >= 4 is 11.7 Å². The third-order valence-electron chi connectivity index (χ3n) is 4.06. The van der Waals surface area contributed by atoms with Crippen LogP contribution < -0.4 is 10.1 Å². The summed E-state index contributed by atoms with van der Waals surface area (Å²) in [6.45, 7) is 1.78. The van der Waals surface area contributed by atoms with Crippen LogP contribution in [0.25, 0.3) is 0 Å². The third-order valence-corrected chi connectivity index (χ3v) is 4.06. The minimum absolute atomic E-state index is 0.0726. The Hall–Kier alpha value is -2.67. The predicted molar refractivity (Wildman–Crippen MR) is 93.4 cm³/mol. The molecule has 0 aliphatic carbocycles. The van der Waals surface area contributed by atoms with Gasteiger partial charge in [0.1, 0.15) is 5.69 Å². The van der Waals surface area contributed by atoms with E-state index in [2.05, 4.69) is 15.3 Å². The zero-order valence-electron chi connectivity index (χ0n) is 14.2. The second-order valence-corrected chi connectivity index (χ2v) is 5.86. The number of methoxy groups -OCH3 is 1. The van der Waals surface area contributed by atoms with Gasteiger partial charge >= 0.3 is 6.03 Å². The zero-order valence-corrected chi connectivity index (χ0v) is 14.2. The van der Waals surface area contributed by atoms with Crippen molar-refractivity contribution < 1.29 is 14.3 Å². The molecule has 0 spiro atoms. The van der Waals surface area contributed by atoms with Gasteiger partial charge in [0, 0.05) is 38.3 Å². The van der Waals surface area contributed by atoms with Gasteiger partial charge in [0.25, 0.3) is 0 Å². The van der Waals surface area contributed by atoms with Crippen molar-refractivity contribution in [1.29, 1.82) is 0 Å². The maximum atomic E-state index is 12.8. The smallest absolute Gasteiger partial charge is 0.322 e. The maximum absolute atomic E-state index is 12.8. The molecule has 0 bridgehead atoms. The monoisotopic (exact) mass is 342 g/mol. The molecule has 0 saturated carbocycles. The van der Waals surface area contributed by atoms with E-state index in [0.29, 0.717) is 24.7 Å². The Morgan fingerprint density at radius 2 is 2.20 bits per heavy atom. The van der Waals surface area contributed by atoms with Gasteiger partial charge in [-0.05, 0) is 42.7 Å². The Kier molecular flexibility index (Phi) is 5.79. The quantitative estimate of drug-likeness (QED) is 0.873. The average Bonchev–Trinajstić information content (AvgIpc) is 3.15. The summed E-state index contributed by atoms with van der Waals surface area (Å²) in [6.07, 6.45) is 7.14. The molecule has 25 heavy (non-hydrogen) atoms. The summed E-state index contributed by atoms with van der Waals surface area (Å²) in [4.78, 5) is 22.7. The van der Waals surface area contributed by atoms with Crippen LogP contribution in [-0.2, 0) is 11.3 Å². The lowest BCUT2D eigenvalue weighted by atomic mass is 10.2. The number of aromatic nitrogens is 2. The first-order valence-corrected chi connectivity index (χ1v) is 8.31. The first kappa shape index (κ1) is 17.2. The van der Waals surface area contributed by atoms with Crippen molar-refractivity contribution in [1.82, 2.24) is 14.9 Å². The van der Waals surface area contributed by atoms with Crippen molar-refractivity contribution in [3.63, 3.8) is 0 Å². The summed E-state index contributed by atoms with van der Waals surface area (Å²) in [5.41, 5.74) is 1.56. The first-order chi connectivity index (χ1) is 12.3. The molecule has 2 aromatic heterocycles. The van der Waals surface area contributed by atoms with Crippen LogP contribution >= 0.6 is 0 Å². The van der Waals surface area contributed by atoms with E-state index in [-0.39, 0.29) is 12.1 Å². The van der Waals surface area contributed by atoms with Gasteiger partial charge in [0.15, 0.2) is 0 Å². The number of ether oxygens (including phenoxy) is 2. The number of hydrogen-bond acceptors (Lipinski definition) is 5. The lowest BCUT2D eigenvalue weighted by molar-refractivity contribution is 0.0819. The number of carbonyl (C=O) groups excluding carboxylic acids is 1. The van der Waals surface area contributed by atoms with Crippen LogP contribution in [-0.4, -0.2) is 47.3 Å². The molecule has 2 aromatic rings. The fourth-order valence-corrected chi connectivity index (χ4v) is 2.80. The number of pyridine rings is 2. The largest absolute Gasteiger partial charge is 0.480 e. The number of carbonyl (C=O) groups is 1. The predicted octanol–water partition coefficient (Wildman–Crippen LogP) is 2.70. The van der Waals surface area contributed by atoms with Crippen molar-refractivity contribution in [3.8, 4) is 5.88 Å². The van der Waals surface area contributed by atoms with Crippen molar-refractivity contribution in [2.45, 2.75) is 25.5 Å². The molecule has 0 unspecified atom stereocenters. The fraction of sp³-hybridized carbons (Fsp3) is 0.389. The van der Waals surface area contributed by atoms with Crippen LogP contribution in [0.15, 0.2) is 42.9 Å². The van der Waals surface area contributed by atoms with E-state index in [0.717, 1.165) is 25.0 Å². The standard InChI is InChI=1S/C18H22N4O3/c1-24-17-16(5-2-8-20-17)21-18(23)22(13-15-4-3-11-25-15)12-14-6-9-19-10-7-14/h2,5-10,15H,3-4,11-13H2,1H3,(H,21,23)/t15-/m1/s1. The number of rotatable bonds is 6. The second-order valence-electron chi connectivity index (χ2n) is 5.86. The zero-order chi connectivity index (χ0) is 17.5. The molecular weight excluding hydrogens is 320 g/mol. The number of nitrogens with one attached hydrogen (secondary N) is 1. The van der Waals surface area contributed by atoms with E-state index in [1.165, 1.54) is 7.11 Å². The molecule has 1 fully saturated rings. The Balaban J connectivity index is 1.73. The highest BCUT2D eigenvalue weighted by atomic mass is 16.5. The summed E-state index contributed by atoms with van der Waals surface area (Å²) >= 11 is 0. The number of urea groups is 1. The maximum Gasteiger partial charge on any atom is 0.322 e. The topological polar surface area (TPSA) is 76.6 Å². The molecule has 1 atom stereocenters. The molecule has 0 aromatic carbocycles. The first-order valence-electron chi connectivity index (χ1n) is 8.31. The van der Waals surface area contributed by atoms with Gasteiger partial charge in [0.2, 0.25) is 5.88 Å². The minimum atomic E-state index is -0.210. The van der Waals surface area contributed by atoms with E-state index >= 15 is 0 Å². The van der Waals surface area contributed by atoms with E-state index < -0.39 is 0 Å². The summed E-state index contributed by atoms with van der Waals surface area (Å²) in [6, 6.07) is 7.12. The normalized spacial score (nSPS) is 16.4. The fourth-order valence-electron chi connectivity index (χ4n) is 2.80. The molecular formula is C18H22N4O3. The highest BCUT2D eigenvalue weighted by molar-refractivity contribution is 5.90. The Morgan fingerprint density at radius 1 is 1.36 bits per heavy atom. The van der Waals surface area contributed by atoms with Crippen LogP contribution in [0.1, 0.15) is 18.4 Å². The summed E-state index contributed by atoms with van der Waals surface area (Å²) in [5.74, 6) is 0.386. The molecule has 1 N–H and O–H groups in total.